The molecule has 0 atom stereocenters. The molecule has 2 aromatic carbocycles. The molecule has 2 rings (SSSR count). The number of esters is 1. The predicted molar refractivity (Wildman–Crippen MR) is 90.1 cm³/mol. The molecule has 0 bridgehead atoms. The Morgan fingerprint density at radius 3 is 2.36 bits per heavy atom. The molecule has 114 valence electrons. The molecule has 4 nitrogen and oxygen atoms in total. The minimum Gasteiger partial charge on any atom is -0.465 e. The molecule has 0 aliphatic carbocycles. The molecule has 5 heteroatoms. The van der Waals surface area contributed by atoms with Gasteiger partial charge in [0, 0.05) is 19.1 Å². The number of nitrogens with zero attached hydrogens (tertiary/aromatic N) is 2. The van der Waals surface area contributed by atoms with E-state index in [1.807, 2.05) is 44.4 Å². The van der Waals surface area contributed by atoms with Gasteiger partial charge >= 0.3 is 5.97 Å². The topological polar surface area (TPSA) is 41.9 Å². The number of hydrogen-bond acceptors (Lipinski definition) is 3. The van der Waals surface area contributed by atoms with E-state index in [4.69, 9.17) is 16.3 Å². The van der Waals surface area contributed by atoms with E-state index in [-0.39, 0.29) is 0 Å². The molecule has 0 fully saturated rings. The Morgan fingerprint density at radius 1 is 1.14 bits per heavy atom. The molecule has 22 heavy (non-hydrogen) atoms. The van der Waals surface area contributed by atoms with Crippen LogP contribution in [0.5, 0.6) is 0 Å². The average molecular weight is 317 g/mol. The molecule has 0 amide bonds. The maximum atomic E-state index is 12.0. The lowest BCUT2D eigenvalue weighted by Gasteiger charge is -2.09. The van der Waals surface area contributed by atoms with Gasteiger partial charge in [-0.2, -0.15) is 0 Å². The maximum Gasteiger partial charge on any atom is 0.340 e. The minimum atomic E-state index is -0.415. The zero-order chi connectivity index (χ0) is 16.1. The number of ether oxygens (including phenoxy) is 1. The third-order valence-electron chi connectivity index (χ3n) is 3.01. The smallest absolute Gasteiger partial charge is 0.340 e. The maximum absolute atomic E-state index is 12.0. The molecule has 0 aliphatic heterocycles. The van der Waals surface area contributed by atoms with Crippen LogP contribution in [0.2, 0.25) is 5.02 Å². The standard InChI is InChI=1S/C17H17ClN2O2/c1-20(2)11-19-16-9-6-13(10-15(16)17(21)22-3)12-4-7-14(18)8-5-12/h4-11H,1-3H3. The van der Waals surface area contributed by atoms with Gasteiger partial charge in [-0.25, -0.2) is 9.79 Å². The van der Waals surface area contributed by atoms with Crippen molar-refractivity contribution in [2.45, 2.75) is 0 Å². The quantitative estimate of drug-likeness (QED) is 0.486. The van der Waals surface area contributed by atoms with E-state index in [1.54, 1.807) is 23.4 Å². The van der Waals surface area contributed by atoms with Crippen LogP contribution >= 0.6 is 11.6 Å². The third kappa shape index (κ3) is 3.86. The Kier molecular flexibility index (Phi) is 5.17. The van der Waals surface area contributed by atoms with Crippen LogP contribution in [0.1, 0.15) is 10.4 Å². The highest BCUT2D eigenvalue weighted by atomic mass is 35.5. The van der Waals surface area contributed by atoms with E-state index in [0.29, 0.717) is 16.3 Å². The molecule has 0 aromatic heterocycles. The summed E-state index contributed by atoms with van der Waals surface area (Å²) in [5.41, 5.74) is 2.87. The Labute approximate surface area is 135 Å². The van der Waals surface area contributed by atoms with E-state index in [9.17, 15) is 4.79 Å². The fourth-order valence-corrected chi connectivity index (χ4v) is 2.05. The van der Waals surface area contributed by atoms with Gasteiger partial charge in [0.15, 0.2) is 0 Å². The van der Waals surface area contributed by atoms with Crippen molar-refractivity contribution in [1.29, 1.82) is 0 Å². The third-order valence-corrected chi connectivity index (χ3v) is 3.26. The molecule has 0 unspecified atom stereocenters. The van der Waals surface area contributed by atoms with Crippen LogP contribution in [-0.4, -0.2) is 38.4 Å². The van der Waals surface area contributed by atoms with Gasteiger partial charge < -0.3 is 9.64 Å². The Morgan fingerprint density at radius 2 is 1.77 bits per heavy atom. The highest BCUT2D eigenvalue weighted by molar-refractivity contribution is 6.30. The Balaban J connectivity index is 2.47. The molecule has 0 heterocycles. The van der Waals surface area contributed by atoms with Gasteiger partial charge in [-0.1, -0.05) is 29.8 Å². The van der Waals surface area contributed by atoms with Crippen molar-refractivity contribution in [3.63, 3.8) is 0 Å². The summed E-state index contributed by atoms with van der Waals surface area (Å²) in [7, 11) is 5.09. The monoisotopic (exact) mass is 316 g/mol. The number of rotatable bonds is 4. The lowest BCUT2D eigenvalue weighted by molar-refractivity contribution is 0.0602. The van der Waals surface area contributed by atoms with Gasteiger partial charge in [0.2, 0.25) is 0 Å². The number of benzene rings is 2. The van der Waals surface area contributed by atoms with Crippen LogP contribution in [0.25, 0.3) is 11.1 Å². The van der Waals surface area contributed by atoms with Crippen LogP contribution in [0.3, 0.4) is 0 Å². The summed E-state index contributed by atoms with van der Waals surface area (Å²) in [4.78, 5) is 18.1. The summed E-state index contributed by atoms with van der Waals surface area (Å²) in [6.45, 7) is 0. The number of halogens is 1. The van der Waals surface area contributed by atoms with E-state index >= 15 is 0 Å². The fraction of sp³-hybridized carbons (Fsp3) is 0.176. The van der Waals surface area contributed by atoms with Gasteiger partial charge in [-0.05, 0) is 35.4 Å². The largest absolute Gasteiger partial charge is 0.465 e. The van der Waals surface area contributed by atoms with Crippen LogP contribution in [0.15, 0.2) is 47.5 Å². The summed E-state index contributed by atoms with van der Waals surface area (Å²) in [5, 5.41) is 0.671. The first-order chi connectivity index (χ1) is 10.5. The van der Waals surface area contributed by atoms with Gasteiger partial charge in [0.25, 0.3) is 0 Å². The molecule has 0 saturated heterocycles. The first-order valence-corrected chi connectivity index (χ1v) is 7.08. The van der Waals surface area contributed by atoms with Gasteiger partial charge in [0.1, 0.15) is 0 Å². The van der Waals surface area contributed by atoms with Crippen molar-refractivity contribution in [3.05, 3.63) is 53.1 Å². The number of carbonyl (C=O) groups excluding carboxylic acids is 1. The molecule has 0 N–H and O–H groups in total. The first kappa shape index (κ1) is 16.0. The minimum absolute atomic E-state index is 0.415. The molecule has 2 aromatic rings. The van der Waals surface area contributed by atoms with Crippen molar-refractivity contribution < 1.29 is 9.53 Å². The summed E-state index contributed by atoms with van der Waals surface area (Å²) in [5.74, 6) is -0.415. The zero-order valence-electron chi connectivity index (χ0n) is 12.7. The second kappa shape index (κ2) is 7.09. The highest BCUT2D eigenvalue weighted by Crippen LogP contribution is 2.28. The predicted octanol–water partition coefficient (Wildman–Crippen LogP) is 4.02. The van der Waals surface area contributed by atoms with Crippen molar-refractivity contribution in [2.24, 2.45) is 4.99 Å². The van der Waals surface area contributed by atoms with E-state index < -0.39 is 5.97 Å². The van der Waals surface area contributed by atoms with Crippen LogP contribution < -0.4 is 0 Å². The van der Waals surface area contributed by atoms with Crippen molar-refractivity contribution in [1.82, 2.24) is 4.90 Å². The van der Waals surface area contributed by atoms with Gasteiger partial charge in [-0.15, -0.1) is 0 Å². The van der Waals surface area contributed by atoms with Gasteiger partial charge in [-0.3, -0.25) is 0 Å². The first-order valence-electron chi connectivity index (χ1n) is 6.70. The van der Waals surface area contributed by atoms with Crippen LogP contribution in [0, 0.1) is 0 Å². The molecule has 0 aliphatic rings. The van der Waals surface area contributed by atoms with Crippen LogP contribution in [0.4, 0.5) is 5.69 Å². The van der Waals surface area contributed by atoms with E-state index in [1.165, 1.54) is 7.11 Å². The Bertz CT molecular complexity index is 694. The molecular formula is C17H17ClN2O2. The molecule has 0 spiro atoms. The van der Waals surface area contributed by atoms with Crippen molar-refractivity contribution in [2.75, 3.05) is 21.2 Å². The fourth-order valence-electron chi connectivity index (χ4n) is 1.92. The number of hydrogen-bond donors (Lipinski definition) is 0. The van der Waals surface area contributed by atoms with E-state index in [2.05, 4.69) is 4.99 Å². The molecule has 0 saturated carbocycles. The summed E-state index contributed by atoms with van der Waals surface area (Å²) < 4.78 is 4.85. The summed E-state index contributed by atoms with van der Waals surface area (Å²) >= 11 is 5.90. The second-order valence-corrected chi connectivity index (χ2v) is 5.38. The van der Waals surface area contributed by atoms with Crippen LogP contribution in [-0.2, 0) is 4.74 Å². The molecular weight excluding hydrogens is 300 g/mol. The highest BCUT2D eigenvalue weighted by Gasteiger charge is 2.13. The van der Waals surface area contributed by atoms with E-state index in [0.717, 1.165) is 11.1 Å². The lowest BCUT2D eigenvalue weighted by atomic mass is 10.0. The Hall–Kier alpha value is -2.33. The lowest BCUT2D eigenvalue weighted by Crippen LogP contribution is -2.08. The summed E-state index contributed by atoms with van der Waals surface area (Å²) in [6.07, 6.45) is 1.64. The second-order valence-electron chi connectivity index (χ2n) is 4.94. The zero-order valence-corrected chi connectivity index (χ0v) is 13.5. The number of carbonyl (C=O) groups is 1. The average Bonchev–Trinajstić information content (AvgIpc) is 2.52. The van der Waals surface area contributed by atoms with Gasteiger partial charge in [0.05, 0.1) is 24.7 Å². The normalized spacial score (nSPS) is 10.7. The number of aliphatic imine (C=N–C) groups is 1. The SMILES string of the molecule is COC(=O)c1cc(-c2ccc(Cl)cc2)ccc1N=CN(C)C. The van der Waals surface area contributed by atoms with Crippen molar-refractivity contribution in [3.8, 4) is 11.1 Å². The summed E-state index contributed by atoms with van der Waals surface area (Å²) in [6, 6.07) is 12.9. The molecule has 0 radical (unpaired) electrons. The number of methoxy groups -OCH3 is 1. The van der Waals surface area contributed by atoms with Crippen molar-refractivity contribution >= 4 is 29.6 Å².